The lowest BCUT2D eigenvalue weighted by molar-refractivity contribution is 0.122. The van der Waals surface area contributed by atoms with Gasteiger partial charge >= 0.3 is 6.01 Å². The number of halogens is 1. The molecular formula is C14H15ClN4O2. The Morgan fingerprint density at radius 2 is 1.81 bits per heavy atom. The first-order valence-electron chi connectivity index (χ1n) is 6.69. The summed E-state index contributed by atoms with van der Waals surface area (Å²) in [7, 11) is 0. The van der Waals surface area contributed by atoms with Crippen LogP contribution in [-0.4, -0.2) is 41.3 Å². The Kier molecular flexibility index (Phi) is 4.17. The molecule has 1 saturated heterocycles. The highest BCUT2D eigenvalue weighted by molar-refractivity contribution is 6.28. The van der Waals surface area contributed by atoms with Gasteiger partial charge in [-0.15, -0.1) is 0 Å². The number of morpholine rings is 1. The van der Waals surface area contributed by atoms with Crippen molar-refractivity contribution in [3.63, 3.8) is 0 Å². The molecule has 0 bridgehead atoms. The van der Waals surface area contributed by atoms with Gasteiger partial charge in [-0.25, -0.2) is 0 Å². The molecule has 21 heavy (non-hydrogen) atoms. The van der Waals surface area contributed by atoms with Gasteiger partial charge in [0, 0.05) is 13.1 Å². The maximum absolute atomic E-state index is 5.96. The fraction of sp³-hybridized carbons (Fsp3) is 0.357. The molecule has 0 atom stereocenters. The third-order valence-electron chi connectivity index (χ3n) is 3.10. The lowest BCUT2D eigenvalue weighted by Gasteiger charge is -2.26. The molecule has 2 aromatic rings. The molecule has 1 aromatic heterocycles. The van der Waals surface area contributed by atoms with E-state index < -0.39 is 0 Å². The molecule has 110 valence electrons. The van der Waals surface area contributed by atoms with Gasteiger partial charge in [-0.05, 0) is 30.7 Å². The predicted octanol–water partition coefficient (Wildman–Crippen LogP) is 2.46. The Morgan fingerprint density at radius 1 is 1.10 bits per heavy atom. The van der Waals surface area contributed by atoms with E-state index >= 15 is 0 Å². The van der Waals surface area contributed by atoms with Crippen molar-refractivity contribution in [3.8, 4) is 11.8 Å². The number of hydrogen-bond acceptors (Lipinski definition) is 6. The van der Waals surface area contributed by atoms with Crippen LogP contribution in [0.2, 0.25) is 5.28 Å². The molecule has 0 unspecified atom stereocenters. The van der Waals surface area contributed by atoms with Crippen LogP contribution in [0.25, 0.3) is 0 Å². The van der Waals surface area contributed by atoms with E-state index in [0.717, 1.165) is 18.7 Å². The fourth-order valence-electron chi connectivity index (χ4n) is 1.98. The molecule has 0 saturated carbocycles. The molecule has 0 N–H and O–H groups in total. The Morgan fingerprint density at radius 3 is 2.52 bits per heavy atom. The summed E-state index contributed by atoms with van der Waals surface area (Å²) in [6, 6.07) is 7.84. The van der Waals surface area contributed by atoms with Gasteiger partial charge < -0.3 is 14.4 Å². The number of nitrogens with zero attached hydrogens (tertiary/aromatic N) is 4. The minimum Gasteiger partial charge on any atom is -0.424 e. The van der Waals surface area contributed by atoms with Crippen molar-refractivity contribution in [3.05, 3.63) is 35.1 Å². The normalized spacial score (nSPS) is 15.0. The van der Waals surface area contributed by atoms with E-state index in [-0.39, 0.29) is 11.3 Å². The first-order chi connectivity index (χ1) is 10.2. The standard InChI is InChI=1S/C14H15ClN4O2/c1-10-2-4-11(5-3-10)21-14-17-12(15)16-13(18-14)19-6-8-20-9-7-19/h2-5H,6-9H2,1H3. The SMILES string of the molecule is Cc1ccc(Oc2nc(Cl)nc(N3CCOCC3)n2)cc1. The Hall–Kier alpha value is -1.92. The van der Waals surface area contributed by atoms with Crippen LogP contribution in [0, 0.1) is 6.92 Å². The second kappa shape index (κ2) is 6.24. The summed E-state index contributed by atoms with van der Waals surface area (Å²) >= 11 is 5.96. The quantitative estimate of drug-likeness (QED) is 0.868. The van der Waals surface area contributed by atoms with E-state index in [0.29, 0.717) is 24.9 Å². The van der Waals surface area contributed by atoms with Crippen LogP contribution in [0.4, 0.5) is 5.95 Å². The highest BCUT2D eigenvalue weighted by Crippen LogP contribution is 2.22. The van der Waals surface area contributed by atoms with E-state index in [2.05, 4.69) is 15.0 Å². The van der Waals surface area contributed by atoms with Crippen LogP contribution in [-0.2, 0) is 4.74 Å². The van der Waals surface area contributed by atoms with Gasteiger partial charge in [0.2, 0.25) is 11.2 Å². The summed E-state index contributed by atoms with van der Waals surface area (Å²) in [5.74, 6) is 1.18. The Labute approximate surface area is 127 Å². The van der Waals surface area contributed by atoms with Crippen molar-refractivity contribution in [1.29, 1.82) is 0 Å². The summed E-state index contributed by atoms with van der Waals surface area (Å²) in [6.45, 7) is 4.77. The number of hydrogen-bond donors (Lipinski definition) is 0. The topological polar surface area (TPSA) is 60.4 Å². The maximum Gasteiger partial charge on any atom is 0.328 e. The van der Waals surface area contributed by atoms with Crippen molar-refractivity contribution in [2.45, 2.75) is 6.92 Å². The predicted molar refractivity (Wildman–Crippen MR) is 79.1 cm³/mol. The fourth-order valence-corrected chi connectivity index (χ4v) is 2.13. The van der Waals surface area contributed by atoms with Crippen LogP contribution in [0.15, 0.2) is 24.3 Å². The van der Waals surface area contributed by atoms with Gasteiger partial charge in [0.05, 0.1) is 13.2 Å². The number of aromatic nitrogens is 3. The monoisotopic (exact) mass is 306 g/mol. The lowest BCUT2D eigenvalue weighted by atomic mass is 10.2. The van der Waals surface area contributed by atoms with Gasteiger partial charge in [-0.3, -0.25) is 0 Å². The number of ether oxygens (including phenoxy) is 2. The zero-order valence-corrected chi connectivity index (χ0v) is 12.4. The second-order valence-electron chi connectivity index (χ2n) is 4.70. The van der Waals surface area contributed by atoms with E-state index in [1.54, 1.807) is 0 Å². The van der Waals surface area contributed by atoms with E-state index in [1.807, 2.05) is 36.1 Å². The number of anilines is 1. The van der Waals surface area contributed by atoms with E-state index in [9.17, 15) is 0 Å². The average Bonchev–Trinajstić information content (AvgIpc) is 2.50. The largest absolute Gasteiger partial charge is 0.424 e. The van der Waals surface area contributed by atoms with Gasteiger partial charge in [0.15, 0.2) is 0 Å². The maximum atomic E-state index is 5.96. The number of aryl methyl sites for hydroxylation is 1. The van der Waals surface area contributed by atoms with Crippen molar-refractivity contribution >= 4 is 17.5 Å². The molecule has 1 aliphatic heterocycles. The summed E-state index contributed by atoms with van der Waals surface area (Å²) in [5.41, 5.74) is 1.16. The van der Waals surface area contributed by atoms with Gasteiger partial charge in [-0.2, -0.15) is 15.0 Å². The summed E-state index contributed by atoms with van der Waals surface area (Å²) in [5, 5.41) is 0.119. The average molecular weight is 307 g/mol. The third kappa shape index (κ3) is 3.59. The van der Waals surface area contributed by atoms with Crippen molar-refractivity contribution in [2.24, 2.45) is 0 Å². The highest BCUT2D eigenvalue weighted by atomic mass is 35.5. The molecule has 0 spiro atoms. The molecule has 1 aromatic carbocycles. The molecule has 7 heteroatoms. The van der Waals surface area contributed by atoms with E-state index in [4.69, 9.17) is 21.1 Å². The molecule has 3 rings (SSSR count). The molecule has 6 nitrogen and oxygen atoms in total. The zero-order chi connectivity index (χ0) is 14.7. The Balaban J connectivity index is 1.81. The molecule has 1 fully saturated rings. The first kappa shape index (κ1) is 14.0. The molecule has 0 aliphatic carbocycles. The van der Waals surface area contributed by atoms with Crippen LogP contribution in [0.3, 0.4) is 0 Å². The van der Waals surface area contributed by atoms with Crippen LogP contribution < -0.4 is 9.64 Å². The van der Waals surface area contributed by atoms with E-state index in [1.165, 1.54) is 0 Å². The number of benzene rings is 1. The summed E-state index contributed by atoms with van der Waals surface area (Å²) in [6.07, 6.45) is 0. The molecule has 0 radical (unpaired) electrons. The van der Waals surface area contributed by atoms with Crippen molar-refractivity contribution in [1.82, 2.24) is 15.0 Å². The number of rotatable bonds is 3. The summed E-state index contributed by atoms with van der Waals surface area (Å²) in [4.78, 5) is 14.5. The minimum atomic E-state index is 0.119. The van der Waals surface area contributed by atoms with Gasteiger partial charge in [-0.1, -0.05) is 17.7 Å². The first-order valence-corrected chi connectivity index (χ1v) is 7.07. The molecule has 1 aliphatic rings. The van der Waals surface area contributed by atoms with Crippen LogP contribution in [0.5, 0.6) is 11.8 Å². The van der Waals surface area contributed by atoms with Crippen molar-refractivity contribution < 1.29 is 9.47 Å². The zero-order valence-electron chi connectivity index (χ0n) is 11.6. The smallest absolute Gasteiger partial charge is 0.328 e. The summed E-state index contributed by atoms with van der Waals surface area (Å²) < 4.78 is 11.0. The minimum absolute atomic E-state index is 0.119. The van der Waals surface area contributed by atoms with Gasteiger partial charge in [0.25, 0.3) is 0 Å². The van der Waals surface area contributed by atoms with Crippen LogP contribution in [0.1, 0.15) is 5.56 Å². The highest BCUT2D eigenvalue weighted by Gasteiger charge is 2.16. The van der Waals surface area contributed by atoms with Crippen LogP contribution >= 0.6 is 11.6 Å². The van der Waals surface area contributed by atoms with Gasteiger partial charge in [0.1, 0.15) is 5.75 Å². The lowest BCUT2D eigenvalue weighted by Crippen LogP contribution is -2.37. The molecular weight excluding hydrogens is 292 g/mol. The second-order valence-corrected chi connectivity index (χ2v) is 5.04. The Bertz CT molecular complexity index is 615. The van der Waals surface area contributed by atoms with Crippen molar-refractivity contribution in [2.75, 3.05) is 31.2 Å². The third-order valence-corrected chi connectivity index (χ3v) is 3.27. The molecule has 2 heterocycles. The molecule has 0 amide bonds.